The number of fused-ring (bicyclic) bond motifs is 1. The lowest BCUT2D eigenvalue weighted by Crippen LogP contribution is -2.15. The maximum absolute atomic E-state index is 13.3. The number of amides is 1. The van der Waals surface area contributed by atoms with Crippen LogP contribution in [0.2, 0.25) is 0 Å². The summed E-state index contributed by atoms with van der Waals surface area (Å²) in [4.78, 5) is 26.2. The van der Waals surface area contributed by atoms with Crippen LogP contribution in [0.25, 0.3) is 21.2 Å². The quantitative estimate of drug-likeness (QED) is 0.491. The van der Waals surface area contributed by atoms with Crippen molar-refractivity contribution in [1.82, 2.24) is 0 Å². The second-order valence-electron chi connectivity index (χ2n) is 6.69. The molecule has 0 fully saturated rings. The summed E-state index contributed by atoms with van der Waals surface area (Å²) in [6.45, 7) is 1.98. The van der Waals surface area contributed by atoms with Gasteiger partial charge in [0.05, 0.1) is 12.7 Å². The SMILES string of the molecule is COc1cccc(C(=O)Nc2sc3ccccc3c(=O)c2-c2cccc(C)c2)c1. The van der Waals surface area contributed by atoms with E-state index in [-0.39, 0.29) is 11.3 Å². The van der Waals surface area contributed by atoms with Crippen LogP contribution < -0.4 is 15.5 Å². The lowest BCUT2D eigenvalue weighted by atomic mass is 10.0. The standard InChI is InChI=1S/C24H19NO3S/c1-15-7-5-8-16(13-15)21-22(26)19-11-3-4-12-20(19)29-24(21)25-23(27)17-9-6-10-18(14-17)28-2/h3-14H,1-2H3,(H,25,27). The Morgan fingerprint density at radius 3 is 2.55 bits per heavy atom. The van der Waals surface area contributed by atoms with Gasteiger partial charge in [-0.25, -0.2) is 0 Å². The molecule has 29 heavy (non-hydrogen) atoms. The molecular formula is C24H19NO3S. The number of ether oxygens (including phenoxy) is 1. The monoisotopic (exact) mass is 401 g/mol. The van der Waals surface area contributed by atoms with Crippen LogP contribution in [-0.2, 0) is 0 Å². The predicted molar refractivity (Wildman–Crippen MR) is 119 cm³/mol. The average molecular weight is 401 g/mol. The minimum atomic E-state index is -0.288. The van der Waals surface area contributed by atoms with E-state index in [1.807, 2.05) is 55.5 Å². The number of anilines is 1. The van der Waals surface area contributed by atoms with Crippen molar-refractivity contribution in [2.75, 3.05) is 12.4 Å². The summed E-state index contributed by atoms with van der Waals surface area (Å²) in [6, 6.07) is 22.1. The van der Waals surface area contributed by atoms with Crippen molar-refractivity contribution in [1.29, 1.82) is 0 Å². The number of carbonyl (C=O) groups is 1. The second-order valence-corrected chi connectivity index (χ2v) is 7.74. The number of nitrogens with one attached hydrogen (secondary N) is 1. The molecule has 0 radical (unpaired) electrons. The van der Waals surface area contributed by atoms with Gasteiger partial charge < -0.3 is 10.1 Å². The molecule has 4 rings (SSSR count). The van der Waals surface area contributed by atoms with E-state index in [1.54, 1.807) is 31.4 Å². The molecule has 1 N–H and O–H groups in total. The van der Waals surface area contributed by atoms with Gasteiger partial charge in [-0.3, -0.25) is 9.59 Å². The highest BCUT2D eigenvalue weighted by Crippen LogP contribution is 2.34. The molecule has 144 valence electrons. The number of hydrogen-bond donors (Lipinski definition) is 1. The minimum absolute atomic E-state index is 0.0918. The molecule has 1 amide bonds. The van der Waals surface area contributed by atoms with Crippen LogP contribution in [0.3, 0.4) is 0 Å². The highest BCUT2D eigenvalue weighted by molar-refractivity contribution is 7.22. The Bertz CT molecular complexity index is 1280. The highest BCUT2D eigenvalue weighted by Gasteiger charge is 2.17. The Morgan fingerprint density at radius 2 is 1.76 bits per heavy atom. The summed E-state index contributed by atoms with van der Waals surface area (Å²) >= 11 is 1.40. The number of aryl methyl sites for hydroxylation is 1. The molecule has 3 aromatic carbocycles. The van der Waals surface area contributed by atoms with Gasteiger partial charge in [-0.1, -0.05) is 48.0 Å². The van der Waals surface area contributed by atoms with Crippen molar-refractivity contribution < 1.29 is 9.53 Å². The number of methoxy groups -OCH3 is 1. The normalized spacial score (nSPS) is 10.7. The fourth-order valence-corrected chi connectivity index (χ4v) is 4.33. The number of benzene rings is 3. The topological polar surface area (TPSA) is 55.4 Å². The van der Waals surface area contributed by atoms with E-state index in [0.717, 1.165) is 15.8 Å². The summed E-state index contributed by atoms with van der Waals surface area (Å²) < 4.78 is 6.04. The molecule has 4 aromatic rings. The lowest BCUT2D eigenvalue weighted by Gasteiger charge is -2.13. The third-order valence-corrected chi connectivity index (χ3v) is 5.75. The Morgan fingerprint density at radius 1 is 0.966 bits per heavy atom. The number of rotatable bonds is 4. The number of carbonyl (C=O) groups excluding carboxylic acids is 1. The van der Waals surface area contributed by atoms with Gasteiger partial charge in [0.2, 0.25) is 0 Å². The van der Waals surface area contributed by atoms with Crippen LogP contribution in [0.5, 0.6) is 5.75 Å². The molecule has 0 atom stereocenters. The first-order valence-corrected chi connectivity index (χ1v) is 9.97. The molecular weight excluding hydrogens is 382 g/mol. The third kappa shape index (κ3) is 3.77. The fraction of sp³-hybridized carbons (Fsp3) is 0.0833. The van der Waals surface area contributed by atoms with Crippen LogP contribution in [0.1, 0.15) is 15.9 Å². The van der Waals surface area contributed by atoms with Gasteiger partial charge in [-0.05, 0) is 42.8 Å². The smallest absolute Gasteiger partial charge is 0.256 e. The Hall–Kier alpha value is -3.44. The zero-order valence-corrected chi connectivity index (χ0v) is 16.9. The molecule has 0 aliphatic rings. The Kier molecular flexibility index (Phi) is 5.14. The Labute approximate surface area is 172 Å². The van der Waals surface area contributed by atoms with Crippen molar-refractivity contribution >= 4 is 32.3 Å². The van der Waals surface area contributed by atoms with Crippen LogP contribution in [0.4, 0.5) is 5.00 Å². The van der Waals surface area contributed by atoms with E-state index in [2.05, 4.69) is 5.32 Å². The highest BCUT2D eigenvalue weighted by atomic mass is 32.1. The summed E-state index contributed by atoms with van der Waals surface area (Å²) in [5.74, 6) is 0.312. The van der Waals surface area contributed by atoms with Crippen molar-refractivity contribution in [3.05, 3.63) is 94.1 Å². The molecule has 0 aliphatic carbocycles. The van der Waals surface area contributed by atoms with Gasteiger partial charge >= 0.3 is 0 Å². The summed E-state index contributed by atoms with van der Waals surface area (Å²) in [5.41, 5.74) is 2.72. The summed E-state index contributed by atoms with van der Waals surface area (Å²) in [5, 5.41) is 4.13. The minimum Gasteiger partial charge on any atom is -0.497 e. The molecule has 0 spiro atoms. The molecule has 5 heteroatoms. The van der Waals surface area contributed by atoms with Gasteiger partial charge in [0, 0.05) is 15.6 Å². The zero-order chi connectivity index (χ0) is 20.4. The van der Waals surface area contributed by atoms with Crippen LogP contribution in [-0.4, -0.2) is 13.0 Å². The molecule has 4 nitrogen and oxygen atoms in total. The number of hydrogen-bond acceptors (Lipinski definition) is 4. The lowest BCUT2D eigenvalue weighted by molar-refractivity contribution is 0.102. The maximum atomic E-state index is 13.3. The molecule has 1 aromatic heterocycles. The van der Waals surface area contributed by atoms with Crippen LogP contribution in [0, 0.1) is 6.92 Å². The van der Waals surface area contributed by atoms with Crippen molar-refractivity contribution in [2.24, 2.45) is 0 Å². The van der Waals surface area contributed by atoms with E-state index in [9.17, 15) is 9.59 Å². The van der Waals surface area contributed by atoms with Gasteiger partial charge in [0.15, 0.2) is 5.43 Å². The van der Waals surface area contributed by atoms with E-state index in [4.69, 9.17) is 4.74 Å². The largest absolute Gasteiger partial charge is 0.497 e. The van der Waals surface area contributed by atoms with E-state index >= 15 is 0 Å². The first kappa shape index (κ1) is 18.9. The third-order valence-electron chi connectivity index (χ3n) is 4.66. The van der Waals surface area contributed by atoms with E-state index in [1.165, 1.54) is 11.3 Å². The molecule has 0 saturated carbocycles. The van der Waals surface area contributed by atoms with Gasteiger partial charge in [-0.15, -0.1) is 11.3 Å². The molecule has 0 saturated heterocycles. The average Bonchev–Trinajstić information content (AvgIpc) is 2.74. The van der Waals surface area contributed by atoms with Gasteiger partial charge in [-0.2, -0.15) is 0 Å². The fourth-order valence-electron chi connectivity index (χ4n) is 3.23. The summed E-state index contributed by atoms with van der Waals surface area (Å²) in [6.07, 6.45) is 0. The van der Waals surface area contributed by atoms with E-state index in [0.29, 0.717) is 27.3 Å². The molecule has 0 unspecified atom stereocenters. The zero-order valence-electron chi connectivity index (χ0n) is 16.1. The van der Waals surface area contributed by atoms with Crippen molar-refractivity contribution in [3.8, 4) is 16.9 Å². The van der Waals surface area contributed by atoms with Gasteiger partial charge in [0.25, 0.3) is 5.91 Å². The van der Waals surface area contributed by atoms with Crippen molar-refractivity contribution in [3.63, 3.8) is 0 Å². The van der Waals surface area contributed by atoms with Crippen LogP contribution in [0.15, 0.2) is 77.6 Å². The molecule has 0 aliphatic heterocycles. The predicted octanol–water partition coefficient (Wildman–Crippen LogP) is 5.50. The molecule has 0 bridgehead atoms. The maximum Gasteiger partial charge on any atom is 0.256 e. The Balaban J connectivity index is 1.87. The second kappa shape index (κ2) is 7.89. The first-order chi connectivity index (χ1) is 14.1. The van der Waals surface area contributed by atoms with Gasteiger partial charge in [0.1, 0.15) is 10.8 Å². The van der Waals surface area contributed by atoms with Crippen LogP contribution >= 0.6 is 11.3 Å². The summed E-state index contributed by atoms with van der Waals surface area (Å²) in [7, 11) is 1.56. The van der Waals surface area contributed by atoms with E-state index < -0.39 is 0 Å². The molecule has 1 heterocycles. The first-order valence-electron chi connectivity index (χ1n) is 9.15. The van der Waals surface area contributed by atoms with Crippen molar-refractivity contribution in [2.45, 2.75) is 6.92 Å².